The van der Waals surface area contributed by atoms with Crippen LogP contribution in [0.4, 0.5) is 0 Å². The van der Waals surface area contributed by atoms with Crippen molar-refractivity contribution in [3.05, 3.63) is 54.1 Å². The fourth-order valence-electron chi connectivity index (χ4n) is 3.70. The zero-order valence-corrected chi connectivity index (χ0v) is 13.3. The molecular weight excluding hydrogens is 290 g/mol. The summed E-state index contributed by atoms with van der Waals surface area (Å²) >= 11 is 0. The zero-order chi connectivity index (χ0) is 15.7. The maximum atomic E-state index is 10.9. The van der Waals surface area contributed by atoms with Crippen LogP contribution in [0, 0.1) is 0 Å². The summed E-state index contributed by atoms with van der Waals surface area (Å²) in [7, 11) is 0. The molecule has 5 heteroatoms. The first-order valence-electron chi connectivity index (χ1n) is 8.33. The van der Waals surface area contributed by atoms with Gasteiger partial charge < -0.3 is 14.4 Å². The molecule has 1 saturated heterocycles. The summed E-state index contributed by atoms with van der Waals surface area (Å²) in [6.45, 7) is 3.62. The minimum Gasteiger partial charge on any atom is -0.388 e. The van der Waals surface area contributed by atoms with E-state index in [1.54, 1.807) is 0 Å². The molecule has 1 atom stereocenters. The van der Waals surface area contributed by atoms with Crippen molar-refractivity contribution in [1.82, 2.24) is 14.5 Å². The average molecular weight is 313 g/mol. The summed E-state index contributed by atoms with van der Waals surface area (Å²) < 4.78 is 7.64. The van der Waals surface area contributed by atoms with Gasteiger partial charge in [-0.25, -0.2) is 4.98 Å². The van der Waals surface area contributed by atoms with Crippen molar-refractivity contribution >= 4 is 0 Å². The first-order valence-corrected chi connectivity index (χ1v) is 8.33. The van der Waals surface area contributed by atoms with Gasteiger partial charge in [-0.05, 0) is 5.56 Å². The van der Waals surface area contributed by atoms with Gasteiger partial charge in [0.25, 0.3) is 0 Å². The molecule has 122 valence electrons. The Morgan fingerprint density at radius 2 is 2.00 bits per heavy atom. The van der Waals surface area contributed by atoms with E-state index in [0.29, 0.717) is 32.6 Å². The fraction of sp³-hybridized carbons (Fsp3) is 0.500. The second-order valence-corrected chi connectivity index (χ2v) is 6.66. The Balaban J connectivity index is 1.61. The van der Waals surface area contributed by atoms with E-state index in [0.717, 1.165) is 18.9 Å². The molecule has 23 heavy (non-hydrogen) atoms. The monoisotopic (exact) mass is 313 g/mol. The molecular formula is C18H23N3O2. The Kier molecular flexibility index (Phi) is 3.93. The fourth-order valence-corrected chi connectivity index (χ4v) is 3.70. The molecule has 0 saturated carbocycles. The third-order valence-corrected chi connectivity index (χ3v) is 5.06. The maximum absolute atomic E-state index is 10.9. The van der Waals surface area contributed by atoms with Crippen LogP contribution in [-0.2, 0) is 17.8 Å². The van der Waals surface area contributed by atoms with E-state index in [-0.39, 0.29) is 6.04 Å². The first kappa shape index (κ1) is 14.9. The SMILES string of the molecule is OC1(CN2Cc3nccn3CC2c2ccccc2)CCOCC1. The van der Waals surface area contributed by atoms with E-state index in [2.05, 4.69) is 38.7 Å². The first-order chi connectivity index (χ1) is 11.2. The molecule has 1 fully saturated rings. The standard InChI is InChI=1S/C18H23N3O2/c22-18(6-10-23-11-7-18)14-21-13-17-19-8-9-20(17)12-16(21)15-4-2-1-3-5-15/h1-5,8-9,16,22H,6-7,10-14H2. The van der Waals surface area contributed by atoms with Crippen molar-refractivity contribution < 1.29 is 9.84 Å². The minimum atomic E-state index is -0.653. The summed E-state index contributed by atoms with van der Waals surface area (Å²) in [6.07, 6.45) is 5.33. The Labute approximate surface area is 136 Å². The van der Waals surface area contributed by atoms with Gasteiger partial charge in [0.2, 0.25) is 0 Å². The van der Waals surface area contributed by atoms with Crippen molar-refractivity contribution in [2.24, 2.45) is 0 Å². The van der Waals surface area contributed by atoms with E-state index < -0.39 is 5.60 Å². The van der Waals surface area contributed by atoms with Gasteiger partial charge in [0.05, 0.1) is 18.2 Å². The van der Waals surface area contributed by atoms with Crippen LogP contribution >= 0.6 is 0 Å². The second kappa shape index (κ2) is 6.07. The van der Waals surface area contributed by atoms with Gasteiger partial charge in [-0.3, -0.25) is 4.90 Å². The molecule has 0 radical (unpaired) electrons. The van der Waals surface area contributed by atoms with Crippen molar-refractivity contribution in [3.63, 3.8) is 0 Å². The van der Waals surface area contributed by atoms with Crippen LogP contribution in [0.1, 0.15) is 30.3 Å². The Morgan fingerprint density at radius 1 is 1.22 bits per heavy atom. The molecule has 4 rings (SSSR count). The third kappa shape index (κ3) is 3.04. The molecule has 1 unspecified atom stereocenters. The molecule has 1 aromatic heterocycles. The number of hydrogen-bond acceptors (Lipinski definition) is 4. The molecule has 0 aliphatic carbocycles. The third-order valence-electron chi connectivity index (χ3n) is 5.06. The van der Waals surface area contributed by atoms with E-state index in [9.17, 15) is 5.11 Å². The van der Waals surface area contributed by atoms with Crippen molar-refractivity contribution in [2.45, 2.75) is 37.6 Å². The van der Waals surface area contributed by atoms with Gasteiger partial charge in [0.1, 0.15) is 5.82 Å². The second-order valence-electron chi connectivity index (χ2n) is 6.66. The normalized spacial score (nSPS) is 24.3. The highest BCUT2D eigenvalue weighted by molar-refractivity contribution is 5.20. The van der Waals surface area contributed by atoms with Gasteiger partial charge in [0, 0.05) is 51.5 Å². The number of aliphatic hydroxyl groups is 1. The number of benzene rings is 1. The lowest BCUT2D eigenvalue weighted by molar-refractivity contribution is -0.0904. The van der Waals surface area contributed by atoms with E-state index in [4.69, 9.17) is 4.74 Å². The lowest BCUT2D eigenvalue weighted by atomic mass is 9.92. The van der Waals surface area contributed by atoms with Crippen LogP contribution in [0.15, 0.2) is 42.7 Å². The smallest absolute Gasteiger partial charge is 0.122 e. The summed E-state index contributed by atoms with van der Waals surface area (Å²) in [4.78, 5) is 6.84. The number of hydrogen-bond donors (Lipinski definition) is 1. The van der Waals surface area contributed by atoms with Crippen LogP contribution in [0.5, 0.6) is 0 Å². The van der Waals surface area contributed by atoms with Gasteiger partial charge in [-0.2, -0.15) is 0 Å². The molecule has 3 heterocycles. The highest BCUT2D eigenvalue weighted by Gasteiger charge is 2.36. The quantitative estimate of drug-likeness (QED) is 0.941. The number of imidazole rings is 1. The van der Waals surface area contributed by atoms with Gasteiger partial charge in [-0.1, -0.05) is 30.3 Å². The summed E-state index contributed by atoms with van der Waals surface area (Å²) in [5.41, 5.74) is 0.641. The van der Waals surface area contributed by atoms with E-state index in [1.165, 1.54) is 5.56 Å². The van der Waals surface area contributed by atoms with Crippen molar-refractivity contribution in [3.8, 4) is 0 Å². The molecule has 1 aromatic carbocycles. The Morgan fingerprint density at radius 3 is 2.78 bits per heavy atom. The predicted octanol–water partition coefficient (Wildman–Crippen LogP) is 1.98. The molecule has 2 aliphatic heterocycles. The molecule has 0 amide bonds. The average Bonchev–Trinajstić information content (AvgIpc) is 3.02. The van der Waals surface area contributed by atoms with Crippen LogP contribution in [0.3, 0.4) is 0 Å². The number of β-amino-alcohol motifs (C(OH)–C–C–N with tert-alkyl or cyclic N) is 1. The summed E-state index contributed by atoms with van der Waals surface area (Å²) in [6, 6.07) is 10.8. The van der Waals surface area contributed by atoms with Crippen LogP contribution in [0.2, 0.25) is 0 Å². The molecule has 2 aromatic rings. The topological polar surface area (TPSA) is 50.5 Å². The largest absolute Gasteiger partial charge is 0.388 e. The molecule has 2 aliphatic rings. The van der Waals surface area contributed by atoms with Crippen LogP contribution < -0.4 is 0 Å². The highest BCUT2D eigenvalue weighted by atomic mass is 16.5. The Bertz CT molecular complexity index is 649. The van der Waals surface area contributed by atoms with Gasteiger partial charge >= 0.3 is 0 Å². The summed E-state index contributed by atoms with van der Waals surface area (Å²) in [5, 5.41) is 10.9. The number of fused-ring (bicyclic) bond motifs is 1. The van der Waals surface area contributed by atoms with Crippen LogP contribution in [0.25, 0.3) is 0 Å². The van der Waals surface area contributed by atoms with Gasteiger partial charge in [0.15, 0.2) is 0 Å². The minimum absolute atomic E-state index is 0.268. The number of ether oxygens (including phenoxy) is 1. The number of rotatable bonds is 3. The predicted molar refractivity (Wildman–Crippen MR) is 86.8 cm³/mol. The lowest BCUT2D eigenvalue weighted by Crippen LogP contribution is -2.49. The van der Waals surface area contributed by atoms with Gasteiger partial charge in [-0.15, -0.1) is 0 Å². The summed E-state index contributed by atoms with van der Waals surface area (Å²) in [5.74, 6) is 1.08. The van der Waals surface area contributed by atoms with Crippen molar-refractivity contribution in [1.29, 1.82) is 0 Å². The van der Waals surface area contributed by atoms with E-state index >= 15 is 0 Å². The Hall–Kier alpha value is -1.69. The molecule has 0 bridgehead atoms. The molecule has 0 spiro atoms. The molecule has 5 nitrogen and oxygen atoms in total. The molecule has 1 N–H and O–H groups in total. The van der Waals surface area contributed by atoms with Crippen LogP contribution in [-0.4, -0.2) is 44.9 Å². The van der Waals surface area contributed by atoms with Crippen molar-refractivity contribution in [2.75, 3.05) is 19.8 Å². The number of aromatic nitrogens is 2. The highest BCUT2D eigenvalue weighted by Crippen LogP contribution is 2.32. The zero-order valence-electron chi connectivity index (χ0n) is 13.3. The number of nitrogens with zero attached hydrogens (tertiary/aromatic N) is 3. The maximum Gasteiger partial charge on any atom is 0.122 e. The van der Waals surface area contributed by atoms with E-state index in [1.807, 2.05) is 18.5 Å². The lowest BCUT2D eigenvalue weighted by Gasteiger charge is -2.42.